The number of carbonyl (C=O) groups excluding carboxylic acids is 4. The zero-order valence-corrected chi connectivity index (χ0v) is 48.6. The van der Waals surface area contributed by atoms with E-state index in [1.165, 1.54) is 24.3 Å². The number of carbonyl (C=O) groups is 4. The number of hydrogen-bond donors (Lipinski definition) is 0. The highest BCUT2D eigenvalue weighted by Gasteiger charge is 2.41. The van der Waals surface area contributed by atoms with E-state index in [2.05, 4.69) is 9.80 Å². The molecule has 0 radical (unpaired) electrons. The van der Waals surface area contributed by atoms with Crippen LogP contribution in [0.5, 0.6) is 11.5 Å². The minimum atomic E-state index is -1.66. The van der Waals surface area contributed by atoms with E-state index >= 15 is 9.59 Å². The molecule has 4 aromatic rings. The molecule has 4 aliphatic rings. The Balaban J connectivity index is 1.06. The monoisotopic (exact) mass is 1140 g/mol. The van der Waals surface area contributed by atoms with Crippen LogP contribution >= 0.6 is 0 Å². The van der Waals surface area contributed by atoms with Crippen LogP contribution in [0.4, 0.5) is 8.78 Å². The molecule has 8 rings (SSSR count). The second kappa shape index (κ2) is 30.5. The molecular weight excluding hydrogens is 1050 g/mol. The largest absolute Gasteiger partial charge is 0.493 e. The summed E-state index contributed by atoms with van der Waals surface area (Å²) < 4.78 is 76.5. The lowest BCUT2D eigenvalue weighted by Gasteiger charge is -2.40. The second-order valence-electron chi connectivity index (χ2n) is 23.1. The number of hydrogen-bond acceptors (Lipinski definition) is 14. The quantitative estimate of drug-likeness (QED) is 0.0483. The predicted octanol–water partition coefficient (Wildman–Crippen LogP) is 9.97. The van der Waals surface area contributed by atoms with Gasteiger partial charge in [-0.1, -0.05) is 76.2 Å². The van der Waals surface area contributed by atoms with E-state index < -0.39 is 47.6 Å². The Hall–Kier alpha value is -6.02. The molecule has 2 amide bonds. The Morgan fingerprint density at radius 2 is 0.878 bits per heavy atom. The van der Waals surface area contributed by atoms with Gasteiger partial charge in [0.2, 0.25) is 12.2 Å². The van der Waals surface area contributed by atoms with Gasteiger partial charge in [0, 0.05) is 88.4 Å². The molecule has 0 aliphatic carbocycles. The first-order valence-electron chi connectivity index (χ1n) is 29.5. The van der Waals surface area contributed by atoms with E-state index in [9.17, 15) is 18.4 Å². The molecule has 82 heavy (non-hydrogen) atoms. The third-order valence-electron chi connectivity index (χ3n) is 15.5. The van der Waals surface area contributed by atoms with E-state index in [0.717, 1.165) is 25.9 Å². The molecule has 4 unspecified atom stereocenters. The van der Waals surface area contributed by atoms with Crippen LogP contribution < -0.4 is 9.47 Å². The number of benzene rings is 4. The van der Waals surface area contributed by atoms with Crippen LogP contribution in [0.1, 0.15) is 127 Å². The summed E-state index contributed by atoms with van der Waals surface area (Å²) >= 11 is 0. The fourth-order valence-electron chi connectivity index (χ4n) is 10.7. The van der Waals surface area contributed by atoms with Crippen molar-refractivity contribution in [1.82, 2.24) is 19.6 Å². The van der Waals surface area contributed by atoms with Crippen LogP contribution in [-0.4, -0.2) is 146 Å². The maximum Gasteiger partial charge on any atom is 0.418 e. The summed E-state index contributed by atoms with van der Waals surface area (Å²) in [4.78, 5) is 68.0. The first-order chi connectivity index (χ1) is 39.5. The molecule has 6 atom stereocenters. The lowest BCUT2D eigenvalue weighted by Crippen LogP contribution is -2.50. The van der Waals surface area contributed by atoms with Gasteiger partial charge in [-0.15, -0.1) is 0 Å². The highest BCUT2D eigenvalue weighted by Crippen LogP contribution is 2.32. The molecule has 4 fully saturated rings. The molecular formula is C64H84F2N4O12. The van der Waals surface area contributed by atoms with Crippen molar-refractivity contribution in [2.75, 3.05) is 65.7 Å². The van der Waals surface area contributed by atoms with Crippen molar-refractivity contribution in [3.63, 3.8) is 0 Å². The number of esters is 2. The lowest BCUT2D eigenvalue weighted by atomic mass is 9.99. The van der Waals surface area contributed by atoms with Gasteiger partial charge in [0.1, 0.15) is 23.1 Å². The van der Waals surface area contributed by atoms with Crippen molar-refractivity contribution in [3.8, 4) is 11.5 Å². The Morgan fingerprint density at radius 1 is 0.524 bits per heavy atom. The lowest BCUT2D eigenvalue weighted by molar-refractivity contribution is -0.211. The minimum absolute atomic E-state index is 0.0540. The van der Waals surface area contributed by atoms with Crippen LogP contribution in [0, 0.1) is 23.5 Å². The fourth-order valence-corrected chi connectivity index (χ4v) is 10.7. The number of amides is 2. The highest BCUT2D eigenvalue weighted by molar-refractivity contribution is 6.30. The number of halogens is 2. The van der Waals surface area contributed by atoms with Gasteiger partial charge in [-0.25, -0.2) is 18.4 Å². The van der Waals surface area contributed by atoms with Crippen LogP contribution in [0.15, 0.2) is 97.1 Å². The van der Waals surface area contributed by atoms with E-state index in [1.54, 1.807) is 82.6 Å². The van der Waals surface area contributed by atoms with Crippen molar-refractivity contribution < 1.29 is 65.9 Å². The zero-order valence-electron chi connectivity index (χ0n) is 48.6. The van der Waals surface area contributed by atoms with Gasteiger partial charge >= 0.3 is 11.9 Å². The van der Waals surface area contributed by atoms with Gasteiger partial charge in [0.05, 0.1) is 38.6 Å². The molecule has 446 valence electrons. The van der Waals surface area contributed by atoms with Crippen molar-refractivity contribution in [3.05, 3.63) is 131 Å². The summed E-state index contributed by atoms with van der Waals surface area (Å²) in [5, 5.41) is 0. The summed E-state index contributed by atoms with van der Waals surface area (Å²) in [6.07, 6.45) is 1.74. The van der Waals surface area contributed by atoms with E-state index in [4.69, 9.17) is 37.9 Å². The normalized spacial score (nSPS) is 21.1. The molecule has 16 nitrogen and oxygen atoms in total. The molecule has 4 aliphatic heterocycles. The first-order valence-corrected chi connectivity index (χ1v) is 29.5. The number of likely N-dealkylation sites (tertiary alicyclic amines) is 2. The topological polar surface area (TPSA) is 155 Å². The van der Waals surface area contributed by atoms with Crippen LogP contribution in [0.3, 0.4) is 0 Å². The summed E-state index contributed by atoms with van der Waals surface area (Å²) in [5.74, 6) is -3.54. The molecule has 0 saturated carbocycles. The van der Waals surface area contributed by atoms with Crippen molar-refractivity contribution in [2.24, 2.45) is 11.8 Å². The molecule has 4 heterocycles. The first kappa shape index (κ1) is 62.0. The Kier molecular flexibility index (Phi) is 23.1. The number of piperidine rings is 2. The fraction of sp³-hybridized carbons (Fsp3) is 0.562. The molecule has 18 heteroatoms. The second-order valence-corrected chi connectivity index (χ2v) is 23.1. The van der Waals surface area contributed by atoms with E-state index in [1.807, 2.05) is 41.5 Å². The predicted molar refractivity (Wildman–Crippen MR) is 303 cm³/mol. The maximum atomic E-state index is 15.4. The van der Waals surface area contributed by atoms with Gasteiger partial charge in [-0.2, -0.15) is 0 Å². The molecule has 4 aromatic carbocycles. The molecule has 0 bridgehead atoms. The third-order valence-corrected chi connectivity index (χ3v) is 15.5. The summed E-state index contributed by atoms with van der Waals surface area (Å²) in [6, 6.07) is 24.3. The standard InChI is InChI=1S/C64H84F2N4O12/c1-43(2)41-77-55-19-11-49(12-20-55)59(61(71)69(39-47-7-15-51(65)16-8-47)53-23-31-67(32-24-53)35-27-57-75-37-29-45(5)79-57)81-63(73)64(74)82-60(50-13-21-56(22-14-50)78-42-44(3)4)62(72)70(40-48-9-17-52(66)18-10-48)54-25-33-68(34-26-54)36-28-58-76-38-30-46(6)80-58/h7-22,43-46,53-54,57-60H,23-42H2,1-6H3/t45-,46-,57?,58?,59?,60?/m1/s1. The summed E-state index contributed by atoms with van der Waals surface area (Å²) in [6.45, 7) is 18.6. The molecule has 4 saturated heterocycles. The summed E-state index contributed by atoms with van der Waals surface area (Å²) in [5.41, 5.74) is 1.83. The van der Waals surface area contributed by atoms with Crippen LogP contribution in [0.25, 0.3) is 0 Å². The van der Waals surface area contributed by atoms with Crippen molar-refractivity contribution >= 4 is 23.8 Å². The maximum absolute atomic E-state index is 15.4. The highest BCUT2D eigenvalue weighted by atomic mass is 19.1. The van der Waals surface area contributed by atoms with E-state index in [0.29, 0.717) is 114 Å². The molecule has 0 spiro atoms. The number of rotatable bonds is 24. The van der Waals surface area contributed by atoms with Crippen LogP contribution in [0.2, 0.25) is 0 Å². The minimum Gasteiger partial charge on any atom is -0.493 e. The van der Waals surface area contributed by atoms with Gasteiger partial charge in [0.15, 0.2) is 12.6 Å². The van der Waals surface area contributed by atoms with Gasteiger partial charge in [0.25, 0.3) is 11.8 Å². The van der Waals surface area contributed by atoms with Gasteiger partial charge in [-0.05, 0) is 124 Å². The molecule has 0 aromatic heterocycles. The Labute approximate surface area is 482 Å². The Morgan fingerprint density at radius 3 is 1.21 bits per heavy atom. The van der Waals surface area contributed by atoms with E-state index in [-0.39, 0.29) is 72.9 Å². The average Bonchev–Trinajstić information content (AvgIpc) is 3.53. The average molecular weight is 1140 g/mol. The van der Waals surface area contributed by atoms with Crippen molar-refractivity contribution in [2.45, 2.75) is 155 Å². The zero-order chi connectivity index (χ0) is 58.1. The van der Waals surface area contributed by atoms with Gasteiger partial charge in [-0.3, -0.25) is 9.59 Å². The summed E-state index contributed by atoms with van der Waals surface area (Å²) in [7, 11) is 0. The number of ether oxygens (including phenoxy) is 8. The van der Waals surface area contributed by atoms with Crippen LogP contribution in [-0.2, 0) is 60.7 Å². The Bertz CT molecular complexity index is 2450. The molecule has 0 N–H and O–H groups in total. The smallest absolute Gasteiger partial charge is 0.418 e. The third kappa shape index (κ3) is 18.5. The van der Waals surface area contributed by atoms with Gasteiger partial charge < -0.3 is 57.5 Å². The number of nitrogens with zero attached hydrogens (tertiary/aromatic N) is 4. The van der Waals surface area contributed by atoms with Crippen molar-refractivity contribution in [1.29, 1.82) is 0 Å². The SMILES string of the molecule is CC(C)COc1ccc(C(OC(=O)C(=O)OC(C(=O)N(Cc2ccc(F)cc2)C2CCN(CCC3OCC[C@@H](C)O3)CC2)c2ccc(OCC(C)C)cc2)C(=O)N(Cc2ccc(F)cc2)C2CCN(CCC3OCC[C@@H](C)O3)CC2)cc1.